The summed E-state index contributed by atoms with van der Waals surface area (Å²) < 4.78 is 0. The monoisotopic (exact) mass is 366 g/mol. The van der Waals surface area contributed by atoms with E-state index >= 15 is 0 Å². The molecule has 2 N–H and O–H groups in total. The van der Waals surface area contributed by atoms with Gasteiger partial charge < -0.3 is 20.4 Å². The number of aryl methyl sites for hydroxylation is 2. The molecule has 3 rings (SSSR count). The van der Waals surface area contributed by atoms with Crippen molar-refractivity contribution < 1.29 is 9.59 Å². The second-order valence-electron chi connectivity index (χ2n) is 6.88. The second kappa shape index (κ2) is 8.58. The van der Waals surface area contributed by atoms with E-state index in [2.05, 4.69) is 46.7 Å². The summed E-state index contributed by atoms with van der Waals surface area (Å²) in [6.07, 6.45) is 0. The SMILES string of the molecule is Cc1cccc(NC(=O)NCC(=O)N2CCN(c3cccc(C)c3)CC2)c1. The molecule has 0 atom stereocenters. The van der Waals surface area contributed by atoms with E-state index in [1.165, 1.54) is 11.3 Å². The molecule has 0 spiro atoms. The molecule has 6 nitrogen and oxygen atoms in total. The van der Waals surface area contributed by atoms with Crippen LogP contribution >= 0.6 is 0 Å². The number of benzene rings is 2. The van der Waals surface area contributed by atoms with E-state index in [0.29, 0.717) is 18.8 Å². The molecule has 0 aliphatic carbocycles. The van der Waals surface area contributed by atoms with Crippen molar-refractivity contribution in [3.05, 3.63) is 59.7 Å². The first kappa shape index (κ1) is 18.8. The molecule has 1 heterocycles. The molecule has 0 radical (unpaired) electrons. The highest BCUT2D eigenvalue weighted by atomic mass is 16.2. The number of urea groups is 1. The van der Waals surface area contributed by atoms with Crippen molar-refractivity contribution in [2.24, 2.45) is 0 Å². The molecular formula is C21H26N4O2. The molecule has 1 fully saturated rings. The van der Waals surface area contributed by atoms with Gasteiger partial charge in [0.15, 0.2) is 0 Å². The van der Waals surface area contributed by atoms with Crippen LogP contribution in [0.25, 0.3) is 0 Å². The van der Waals surface area contributed by atoms with Gasteiger partial charge in [0, 0.05) is 37.6 Å². The van der Waals surface area contributed by atoms with E-state index in [9.17, 15) is 9.59 Å². The maximum atomic E-state index is 12.4. The average molecular weight is 366 g/mol. The smallest absolute Gasteiger partial charge is 0.319 e. The first-order valence-corrected chi connectivity index (χ1v) is 9.22. The number of rotatable bonds is 4. The Hall–Kier alpha value is -3.02. The van der Waals surface area contributed by atoms with Crippen LogP contribution in [0.15, 0.2) is 48.5 Å². The average Bonchev–Trinajstić information content (AvgIpc) is 2.66. The van der Waals surface area contributed by atoms with Crippen molar-refractivity contribution in [2.45, 2.75) is 13.8 Å². The zero-order chi connectivity index (χ0) is 19.2. The van der Waals surface area contributed by atoms with Crippen molar-refractivity contribution in [1.82, 2.24) is 10.2 Å². The van der Waals surface area contributed by atoms with Gasteiger partial charge >= 0.3 is 6.03 Å². The van der Waals surface area contributed by atoms with Gasteiger partial charge in [-0.15, -0.1) is 0 Å². The number of carbonyl (C=O) groups excluding carboxylic acids is 2. The molecule has 27 heavy (non-hydrogen) atoms. The lowest BCUT2D eigenvalue weighted by Crippen LogP contribution is -2.51. The van der Waals surface area contributed by atoms with E-state index in [4.69, 9.17) is 0 Å². The quantitative estimate of drug-likeness (QED) is 0.875. The minimum atomic E-state index is -0.368. The Balaban J connectivity index is 1.43. The molecule has 2 aromatic rings. The van der Waals surface area contributed by atoms with Crippen LogP contribution in [-0.2, 0) is 4.79 Å². The highest BCUT2D eigenvalue weighted by Gasteiger charge is 2.21. The van der Waals surface area contributed by atoms with Crippen molar-refractivity contribution >= 4 is 23.3 Å². The summed E-state index contributed by atoms with van der Waals surface area (Å²) in [6, 6.07) is 15.6. The van der Waals surface area contributed by atoms with Crippen LogP contribution in [0.1, 0.15) is 11.1 Å². The van der Waals surface area contributed by atoms with Crippen molar-refractivity contribution in [2.75, 3.05) is 42.9 Å². The van der Waals surface area contributed by atoms with Gasteiger partial charge in [-0.05, 0) is 49.2 Å². The normalized spacial score (nSPS) is 14.0. The van der Waals surface area contributed by atoms with Crippen molar-refractivity contribution in [3.8, 4) is 0 Å². The molecule has 6 heteroatoms. The summed E-state index contributed by atoms with van der Waals surface area (Å²) in [5.74, 6) is -0.0571. The summed E-state index contributed by atoms with van der Waals surface area (Å²) in [4.78, 5) is 28.4. The van der Waals surface area contributed by atoms with Crippen LogP contribution in [-0.4, -0.2) is 49.6 Å². The molecule has 3 amide bonds. The largest absolute Gasteiger partial charge is 0.368 e. The molecule has 0 bridgehead atoms. The minimum Gasteiger partial charge on any atom is -0.368 e. The summed E-state index contributed by atoms with van der Waals surface area (Å²) in [6.45, 7) is 6.96. The molecule has 1 saturated heterocycles. The first-order valence-electron chi connectivity index (χ1n) is 9.22. The fraction of sp³-hybridized carbons (Fsp3) is 0.333. The maximum Gasteiger partial charge on any atom is 0.319 e. The molecule has 1 aliphatic heterocycles. The van der Waals surface area contributed by atoms with E-state index in [-0.39, 0.29) is 18.5 Å². The van der Waals surface area contributed by atoms with Crippen molar-refractivity contribution in [1.29, 1.82) is 0 Å². The zero-order valence-electron chi connectivity index (χ0n) is 15.9. The second-order valence-corrected chi connectivity index (χ2v) is 6.88. The van der Waals surface area contributed by atoms with Gasteiger partial charge in [0.2, 0.25) is 5.91 Å². The van der Waals surface area contributed by atoms with Gasteiger partial charge in [-0.1, -0.05) is 24.3 Å². The van der Waals surface area contributed by atoms with E-state index in [1.807, 2.05) is 31.2 Å². The highest BCUT2D eigenvalue weighted by Crippen LogP contribution is 2.17. The van der Waals surface area contributed by atoms with Gasteiger partial charge in [0.05, 0.1) is 6.54 Å². The fourth-order valence-electron chi connectivity index (χ4n) is 3.20. The van der Waals surface area contributed by atoms with Crippen molar-refractivity contribution in [3.63, 3.8) is 0 Å². The predicted octanol–water partition coefficient (Wildman–Crippen LogP) is 2.77. The van der Waals surface area contributed by atoms with Gasteiger partial charge in [-0.25, -0.2) is 4.79 Å². The highest BCUT2D eigenvalue weighted by molar-refractivity contribution is 5.92. The first-order chi connectivity index (χ1) is 13.0. The number of carbonyl (C=O) groups is 2. The topological polar surface area (TPSA) is 64.7 Å². The summed E-state index contributed by atoms with van der Waals surface area (Å²) in [5, 5.41) is 5.39. The molecule has 0 unspecified atom stereocenters. The third kappa shape index (κ3) is 5.23. The Morgan fingerprint density at radius 2 is 1.59 bits per heavy atom. The summed E-state index contributed by atoms with van der Waals surface area (Å²) >= 11 is 0. The number of nitrogens with zero attached hydrogens (tertiary/aromatic N) is 2. The Morgan fingerprint density at radius 3 is 2.26 bits per heavy atom. The Bertz CT molecular complexity index is 813. The van der Waals surface area contributed by atoms with Gasteiger partial charge in [-0.3, -0.25) is 4.79 Å². The van der Waals surface area contributed by atoms with E-state index in [1.54, 1.807) is 4.90 Å². The Labute approximate surface area is 160 Å². The van der Waals surface area contributed by atoms with Crippen LogP contribution < -0.4 is 15.5 Å². The van der Waals surface area contributed by atoms with Crippen LogP contribution in [0.3, 0.4) is 0 Å². The third-order valence-corrected chi connectivity index (χ3v) is 4.68. The molecule has 0 aromatic heterocycles. The fourth-order valence-corrected chi connectivity index (χ4v) is 3.20. The number of hydrogen-bond donors (Lipinski definition) is 2. The minimum absolute atomic E-state index is 0.00208. The summed E-state index contributed by atoms with van der Waals surface area (Å²) in [7, 11) is 0. The van der Waals surface area contributed by atoms with E-state index in [0.717, 1.165) is 18.7 Å². The zero-order valence-corrected chi connectivity index (χ0v) is 15.9. The Kier molecular flexibility index (Phi) is 5.96. The summed E-state index contributed by atoms with van der Waals surface area (Å²) in [5.41, 5.74) is 4.20. The lowest BCUT2D eigenvalue weighted by Gasteiger charge is -2.36. The molecule has 0 saturated carbocycles. The Morgan fingerprint density at radius 1 is 0.926 bits per heavy atom. The standard InChI is InChI=1S/C21H26N4O2/c1-16-5-3-7-18(13-16)23-21(27)22-15-20(26)25-11-9-24(10-12-25)19-8-4-6-17(2)14-19/h3-8,13-14H,9-12,15H2,1-2H3,(H2,22,23,27). The van der Waals surface area contributed by atoms with E-state index < -0.39 is 0 Å². The number of anilines is 2. The van der Waals surface area contributed by atoms with Gasteiger partial charge in [0.1, 0.15) is 0 Å². The van der Waals surface area contributed by atoms with Crippen LogP contribution in [0.4, 0.5) is 16.2 Å². The number of nitrogens with one attached hydrogen (secondary N) is 2. The molecule has 2 aromatic carbocycles. The van der Waals surface area contributed by atoms with Gasteiger partial charge in [-0.2, -0.15) is 0 Å². The molecule has 1 aliphatic rings. The number of hydrogen-bond acceptors (Lipinski definition) is 3. The molecular weight excluding hydrogens is 340 g/mol. The lowest BCUT2D eigenvalue weighted by molar-refractivity contribution is -0.130. The number of piperazine rings is 1. The third-order valence-electron chi connectivity index (χ3n) is 4.68. The lowest BCUT2D eigenvalue weighted by atomic mass is 10.2. The van der Waals surface area contributed by atoms with Crippen LogP contribution in [0.2, 0.25) is 0 Å². The predicted molar refractivity (Wildman–Crippen MR) is 108 cm³/mol. The maximum absolute atomic E-state index is 12.4. The van der Waals surface area contributed by atoms with Gasteiger partial charge in [0.25, 0.3) is 0 Å². The van der Waals surface area contributed by atoms with Crippen LogP contribution in [0.5, 0.6) is 0 Å². The van der Waals surface area contributed by atoms with Crippen LogP contribution in [0, 0.1) is 13.8 Å². The molecule has 142 valence electrons. The number of amides is 3.